The third-order valence-corrected chi connectivity index (χ3v) is 6.38. The third-order valence-electron chi connectivity index (χ3n) is 6.05. The molecular formula is C24H23ClF3N3O2. The Hall–Kier alpha value is -3.00. The molecular weight excluding hydrogens is 455 g/mol. The fraction of sp³-hybridized carbons (Fsp3) is 0.333. The summed E-state index contributed by atoms with van der Waals surface area (Å²) >= 11 is 6.15. The number of carbonyl (C=O) groups is 2. The van der Waals surface area contributed by atoms with E-state index in [0.29, 0.717) is 25.9 Å². The number of alkyl halides is 3. The van der Waals surface area contributed by atoms with Crippen molar-refractivity contribution < 1.29 is 22.8 Å². The van der Waals surface area contributed by atoms with Crippen molar-refractivity contribution in [3.05, 3.63) is 70.4 Å². The predicted molar refractivity (Wildman–Crippen MR) is 120 cm³/mol. The Kier molecular flexibility index (Phi) is 6.38. The third kappa shape index (κ3) is 4.71. The first-order valence-electron chi connectivity index (χ1n) is 10.7. The smallest absolute Gasteiger partial charge is 0.361 e. The van der Waals surface area contributed by atoms with Gasteiger partial charge in [0.15, 0.2) is 0 Å². The molecule has 3 aromatic rings. The molecule has 1 aliphatic heterocycles. The van der Waals surface area contributed by atoms with Gasteiger partial charge in [0.05, 0.1) is 22.2 Å². The van der Waals surface area contributed by atoms with E-state index in [1.807, 2.05) is 30.5 Å². The zero-order chi connectivity index (χ0) is 23.8. The maximum absolute atomic E-state index is 13.4. The number of halogens is 4. The molecule has 2 amide bonds. The molecule has 1 atom stereocenters. The molecule has 0 aliphatic carbocycles. The van der Waals surface area contributed by atoms with Gasteiger partial charge in [0.25, 0.3) is 5.91 Å². The molecule has 174 valence electrons. The van der Waals surface area contributed by atoms with Crippen LogP contribution in [-0.2, 0) is 17.4 Å². The van der Waals surface area contributed by atoms with E-state index < -0.39 is 23.7 Å². The number of aromatic amines is 1. The molecule has 0 unspecified atom stereocenters. The summed E-state index contributed by atoms with van der Waals surface area (Å²) in [5.41, 5.74) is 0.798. The van der Waals surface area contributed by atoms with Crippen LogP contribution in [0.1, 0.15) is 34.8 Å². The van der Waals surface area contributed by atoms with Crippen LogP contribution in [0.5, 0.6) is 0 Å². The maximum Gasteiger partial charge on any atom is 0.416 e. The van der Waals surface area contributed by atoms with Crippen molar-refractivity contribution in [2.75, 3.05) is 19.6 Å². The summed E-state index contributed by atoms with van der Waals surface area (Å²) in [5.74, 6) is -0.595. The van der Waals surface area contributed by atoms with Crippen molar-refractivity contribution in [2.24, 2.45) is 0 Å². The second kappa shape index (κ2) is 9.09. The number of fused-ring (bicyclic) bond motifs is 1. The molecule has 1 fully saturated rings. The number of hydrogen-bond acceptors (Lipinski definition) is 2. The lowest BCUT2D eigenvalue weighted by atomic mass is 9.99. The summed E-state index contributed by atoms with van der Waals surface area (Å²) in [7, 11) is 0. The number of amides is 2. The van der Waals surface area contributed by atoms with Gasteiger partial charge < -0.3 is 14.8 Å². The summed E-state index contributed by atoms with van der Waals surface area (Å²) in [6.07, 6.45) is -1.94. The van der Waals surface area contributed by atoms with Gasteiger partial charge >= 0.3 is 6.18 Å². The average Bonchev–Trinajstić information content (AvgIpc) is 3.20. The van der Waals surface area contributed by atoms with Gasteiger partial charge in [0.1, 0.15) is 0 Å². The second-order valence-corrected chi connectivity index (χ2v) is 8.51. The summed E-state index contributed by atoms with van der Waals surface area (Å²) in [6, 6.07) is 10.1. The van der Waals surface area contributed by atoms with Crippen LogP contribution < -0.4 is 0 Å². The van der Waals surface area contributed by atoms with Crippen molar-refractivity contribution in [1.29, 1.82) is 0 Å². The summed E-state index contributed by atoms with van der Waals surface area (Å²) in [5, 5.41) is 0.965. The van der Waals surface area contributed by atoms with Crippen LogP contribution in [0.25, 0.3) is 10.9 Å². The standard InChI is InChI=1S/C24H23ClF3N3O2/c1-2-22(32)30-9-10-31(23(33)19-12-16(24(26,27)28)7-8-20(19)25)17(14-30)11-15-13-29-21-6-4-3-5-18(15)21/h3-8,12-13,17,29H,2,9-11,14H2,1H3/t17-/m1/s1. The van der Waals surface area contributed by atoms with E-state index in [9.17, 15) is 22.8 Å². The Morgan fingerprint density at radius 2 is 1.91 bits per heavy atom. The van der Waals surface area contributed by atoms with Crippen molar-refractivity contribution in [3.63, 3.8) is 0 Å². The minimum absolute atomic E-state index is 0.0249. The molecule has 0 spiro atoms. The highest BCUT2D eigenvalue weighted by atomic mass is 35.5. The zero-order valence-corrected chi connectivity index (χ0v) is 18.7. The minimum Gasteiger partial charge on any atom is -0.361 e. The Labute approximate surface area is 194 Å². The second-order valence-electron chi connectivity index (χ2n) is 8.10. The first kappa shape index (κ1) is 23.2. The average molecular weight is 478 g/mol. The zero-order valence-electron chi connectivity index (χ0n) is 18.0. The predicted octanol–water partition coefficient (Wildman–Crippen LogP) is 5.15. The number of rotatable bonds is 4. The molecule has 0 radical (unpaired) electrons. The molecule has 9 heteroatoms. The van der Waals surface area contributed by atoms with Gasteiger partial charge in [-0.2, -0.15) is 13.2 Å². The number of nitrogens with zero attached hydrogens (tertiary/aromatic N) is 2. The van der Waals surface area contributed by atoms with Crippen molar-refractivity contribution >= 4 is 34.3 Å². The van der Waals surface area contributed by atoms with Crippen LogP contribution >= 0.6 is 11.6 Å². The molecule has 1 saturated heterocycles. The molecule has 0 bridgehead atoms. The number of piperazine rings is 1. The lowest BCUT2D eigenvalue weighted by molar-refractivity contribution is -0.137. The lowest BCUT2D eigenvalue weighted by Gasteiger charge is -2.41. The molecule has 1 N–H and O–H groups in total. The largest absolute Gasteiger partial charge is 0.416 e. The molecule has 2 aromatic carbocycles. The van der Waals surface area contributed by atoms with Gasteiger partial charge in [-0.15, -0.1) is 0 Å². The highest BCUT2D eigenvalue weighted by Gasteiger charge is 2.36. The van der Waals surface area contributed by atoms with E-state index in [-0.39, 0.29) is 23.0 Å². The number of aromatic nitrogens is 1. The first-order chi connectivity index (χ1) is 15.7. The van der Waals surface area contributed by atoms with Crippen LogP contribution in [0, 0.1) is 0 Å². The normalized spacial score (nSPS) is 16.9. The summed E-state index contributed by atoms with van der Waals surface area (Å²) in [4.78, 5) is 32.2. The van der Waals surface area contributed by atoms with Crippen LogP contribution in [0.15, 0.2) is 48.7 Å². The van der Waals surface area contributed by atoms with Crippen molar-refractivity contribution in [3.8, 4) is 0 Å². The minimum atomic E-state index is -4.59. The molecule has 5 nitrogen and oxygen atoms in total. The van der Waals surface area contributed by atoms with Crippen molar-refractivity contribution in [1.82, 2.24) is 14.8 Å². The van der Waals surface area contributed by atoms with Gasteiger partial charge in [-0.1, -0.05) is 36.7 Å². The van der Waals surface area contributed by atoms with Crippen LogP contribution in [0.4, 0.5) is 13.2 Å². The quantitative estimate of drug-likeness (QED) is 0.565. The number of benzene rings is 2. The molecule has 33 heavy (non-hydrogen) atoms. The van der Waals surface area contributed by atoms with Crippen molar-refractivity contribution in [2.45, 2.75) is 32.0 Å². The van der Waals surface area contributed by atoms with Gasteiger partial charge in [-0.05, 0) is 36.2 Å². The Bertz CT molecular complexity index is 1190. The number of carbonyl (C=O) groups excluding carboxylic acids is 2. The van der Waals surface area contributed by atoms with E-state index in [2.05, 4.69) is 4.98 Å². The summed E-state index contributed by atoms with van der Waals surface area (Å²) < 4.78 is 39.7. The van der Waals surface area contributed by atoms with Crippen LogP contribution in [0.2, 0.25) is 5.02 Å². The monoisotopic (exact) mass is 477 g/mol. The van der Waals surface area contributed by atoms with Gasteiger partial charge in [0, 0.05) is 43.2 Å². The fourth-order valence-corrected chi connectivity index (χ4v) is 4.52. The molecule has 1 aliphatic rings. The number of H-pyrrole nitrogens is 1. The number of hydrogen-bond donors (Lipinski definition) is 1. The van der Waals surface area contributed by atoms with Gasteiger partial charge in [0.2, 0.25) is 5.91 Å². The molecule has 0 saturated carbocycles. The highest BCUT2D eigenvalue weighted by Crippen LogP contribution is 2.33. The topological polar surface area (TPSA) is 56.4 Å². The van der Waals surface area contributed by atoms with E-state index in [0.717, 1.165) is 34.7 Å². The van der Waals surface area contributed by atoms with E-state index in [4.69, 9.17) is 11.6 Å². The Balaban J connectivity index is 1.68. The SMILES string of the molecule is CCC(=O)N1CCN(C(=O)c2cc(C(F)(F)F)ccc2Cl)[C@H](Cc2c[nH]c3ccccc23)C1. The lowest BCUT2D eigenvalue weighted by Crippen LogP contribution is -2.57. The summed E-state index contributed by atoms with van der Waals surface area (Å²) in [6.45, 7) is 2.61. The van der Waals surface area contributed by atoms with E-state index >= 15 is 0 Å². The van der Waals surface area contributed by atoms with E-state index in [1.54, 1.807) is 16.7 Å². The molecule has 1 aromatic heterocycles. The van der Waals surface area contributed by atoms with E-state index in [1.165, 1.54) is 0 Å². The number of nitrogens with one attached hydrogen (secondary N) is 1. The van der Waals surface area contributed by atoms with Crippen LogP contribution in [0.3, 0.4) is 0 Å². The first-order valence-corrected chi connectivity index (χ1v) is 11.1. The Morgan fingerprint density at radius 3 is 2.64 bits per heavy atom. The molecule has 4 rings (SSSR count). The Morgan fingerprint density at radius 1 is 1.15 bits per heavy atom. The fourth-order valence-electron chi connectivity index (χ4n) is 4.32. The van der Waals surface area contributed by atoms with Crippen LogP contribution in [-0.4, -0.2) is 52.3 Å². The maximum atomic E-state index is 13.4. The number of para-hydroxylation sites is 1. The van der Waals surface area contributed by atoms with Gasteiger partial charge in [-0.3, -0.25) is 9.59 Å². The highest BCUT2D eigenvalue weighted by molar-refractivity contribution is 6.33. The van der Waals surface area contributed by atoms with Gasteiger partial charge in [-0.25, -0.2) is 0 Å². The molecule has 2 heterocycles.